The van der Waals surface area contributed by atoms with E-state index < -0.39 is 0 Å². The summed E-state index contributed by atoms with van der Waals surface area (Å²) >= 11 is 0. The van der Waals surface area contributed by atoms with Crippen LogP contribution in [-0.2, 0) is 12.8 Å². The first kappa shape index (κ1) is 14.5. The van der Waals surface area contributed by atoms with E-state index in [2.05, 4.69) is 43.0 Å². The number of hydrogen-bond acceptors (Lipinski definition) is 2. The minimum atomic E-state index is 0.708. The summed E-state index contributed by atoms with van der Waals surface area (Å²) < 4.78 is 0. The van der Waals surface area contributed by atoms with Gasteiger partial charge in [-0.3, -0.25) is 4.90 Å². The van der Waals surface area contributed by atoms with Crippen molar-refractivity contribution in [3.8, 4) is 0 Å². The Balaban J connectivity index is 1.91. The van der Waals surface area contributed by atoms with E-state index in [1.54, 1.807) is 0 Å². The fourth-order valence-electron chi connectivity index (χ4n) is 3.14. The molecule has 0 amide bonds. The molecule has 1 atom stereocenters. The van der Waals surface area contributed by atoms with Crippen molar-refractivity contribution in [3.63, 3.8) is 0 Å². The van der Waals surface area contributed by atoms with Gasteiger partial charge in [-0.05, 0) is 49.3 Å². The molecule has 1 fully saturated rings. The van der Waals surface area contributed by atoms with Crippen LogP contribution in [0.5, 0.6) is 0 Å². The molecule has 0 aromatic heterocycles. The van der Waals surface area contributed by atoms with Gasteiger partial charge < -0.3 is 5.73 Å². The normalized spacial score (nSPS) is 20.3. The average molecular weight is 260 g/mol. The standard InChI is InChI=1S/C17H28N2/c1-14(2)12-15-5-7-16(8-6-15)13-17-4-3-10-19(17)11-9-18/h5-8,14,17H,3-4,9-13,18H2,1-2H3. The summed E-state index contributed by atoms with van der Waals surface area (Å²) in [6, 6.07) is 9.95. The molecule has 1 aliphatic rings. The maximum Gasteiger partial charge on any atom is 0.0137 e. The van der Waals surface area contributed by atoms with E-state index in [9.17, 15) is 0 Å². The Hall–Kier alpha value is -0.860. The third-order valence-electron chi connectivity index (χ3n) is 4.05. The summed E-state index contributed by atoms with van der Waals surface area (Å²) in [5.41, 5.74) is 8.62. The first-order chi connectivity index (χ1) is 9.19. The van der Waals surface area contributed by atoms with E-state index in [4.69, 9.17) is 5.73 Å². The number of likely N-dealkylation sites (tertiary alicyclic amines) is 1. The van der Waals surface area contributed by atoms with Crippen LogP contribution in [0.15, 0.2) is 24.3 Å². The molecular formula is C17H28N2. The van der Waals surface area contributed by atoms with Crippen molar-refractivity contribution in [1.82, 2.24) is 4.90 Å². The Morgan fingerprint density at radius 1 is 1.21 bits per heavy atom. The van der Waals surface area contributed by atoms with E-state index in [0.717, 1.165) is 19.0 Å². The molecule has 2 rings (SSSR count). The Labute approximate surface area is 118 Å². The lowest BCUT2D eigenvalue weighted by Gasteiger charge is -2.23. The third-order valence-corrected chi connectivity index (χ3v) is 4.05. The van der Waals surface area contributed by atoms with Gasteiger partial charge in [0.25, 0.3) is 0 Å². The lowest BCUT2D eigenvalue weighted by molar-refractivity contribution is 0.259. The van der Waals surface area contributed by atoms with Gasteiger partial charge in [0.2, 0.25) is 0 Å². The molecular weight excluding hydrogens is 232 g/mol. The molecule has 2 heteroatoms. The Morgan fingerprint density at radius 3 is 2.53 bits per heavy atom. The molecule has 2 nitrogen and oxygen atoms in total. The molecule has 0 bridgehead atoms. The molecule has 1 saturated heterocycles. The van der Waals surface area contributed by atoms with Crippen molar-refractivity contribution in [3.05, 3.63) is 35.4 Å². The number of nitrogens with two attached hydrogens (primary N) is 1. The SMILES string of the molecule is CC(C)Cc1ccc(CC2CCCN2CCN)cc1. The van der Waals surface area contributed by atoms with Crippen molar-refractivity contribution in [2.75, 3.05) is 19.6 Å². The first-order valence-electron chi connectivity index (χ1n) is 7.71. The van der Waals surface area contributed by atoms with Crippen LogP contribution in [0, 0.1) is 5.92 Å². The largest absolute Gasteiger partial charge is 0.329 e. The summed E-state index contributed by atoms with van der Waals surface area (Å²) in [4.78, 5) is 2.56. The van der Waals surface area contributed by atoms with Crippen LogP contribution in [0.25, 0.3) is 0 Å². The zero-order valence-electron chi connectivity index (χ0n) is 12.4. The van der Waals surface area contributed by atoms with Gasteiger partial charge in [-0.2, -0.15) is 0 Å². The topological polar surface area (TPSA) is 29.3 Å². The molecule has 1 aromatic rings. The maximum atomic E-state index is 5.69. The van der Waals surface area contributed by atoms with Crippen LogP contribution < -0.4 is 5.73 Å². The Morgan fingerprint density at radius 2 is 1.89 bits per heavy atom. The van der Waals surface area contributed by atoms with Crippen molar-refractivity contribution >= 4 is 0 Å². The van der Waals surface area contributed by atoms with E-state index in [0.29, 0.717) is 6.04 Å². The van der Waals surface area contributed by atoms with Gasteiger partial charge in [-0.25, -0.2) is 0 Å². The van der Waals surface area contributed by atoms with Crippen molar-refractivity contribution in [2.45, 2.75) is 45.6 Å². The summed E-state index contributed by atoms with van der Waals surface area (Å²) in [7, 11) is 0. The summed E-state index contributed by atoms with van der Waals surface area (Å²) in [6.07, 6.45) is 5.02. The summed E-state index contributed by atoms with van der Waals surface area (Å²) in [5, 5.41) is 0. The van der Waals surface area contributed by atoms with Gasteiger partial charge in [0.1, 0.15) is 0 Å². The molecule has 0 radical (unpaired) electrons. The highest BCUT2D eigenvalue weighted by atomic mass is 15.2. The molecule has 0 spiro atoms. The van der Waals surface area contributed by atoms with Gasteiger partial charge >= 0.3 is 0 Å². The van der Waals surface area contributed by atoms with Crippen LogP contribution in [0.4, 0.5) is 0 Å². The van der Waals surface area contributed by atoms with Crippen LogP contribution in [-0.4, -0.2) is 30.6 Å². The molecule has 1 heterocycles. The minimum Gasteiger partial charge on any atom is -0.329 e. The lowest BCUT2D eigenvalue weighted by Crippen LogP contribution is -2.35. The quantitative estimate of drug-likeness (QED) is 0.852. The van der Waals surface area contributed by atoms with Gasteiger partial charge in [-0.1, -0.05) is 38.1 Å². The second-order valence-corrected chi connectivity index (χ2v) is 6.24. The first-order valence-corrected chi connectivity index (χ1v) is 7.71. The fraction of sp³-hybridized carbons (Fsp3) is 0.647. The summed E-state index contributed by atoms with van der Waals surface area (Å²) in [5.74, 6) is 0.737. The highest BCUT2D eigenvalue weighted by molar-refractivity contribution is 5.23. The second kappa shape index (κ2) is 7.06. The van der Waals surface area contributed by atoms with Crippen LogP contribution >= 0.6 is 0 Å². The number of rotatable bonds is 6. The maximum absolute atomic E-state index is 5.69. The molecule has 1 unspecified atom stereocenters. The highest BCUT2D eigenvalue weighted by Gasteiger charge is 2.23. The monoisotopic (exact) mass is 260 g/mol. The zero-order valence-corrected chi connectivity index (χ0v) is 12.4. The smallest absolute Gasteiger partial charge is 0.0137 e. The lowest BCUT2D eigenvalue weighted by atomic mass is 9.99. The third kappa shape index (κ3) is 4.32. The molecule has 2 N–H and O–H groups in total. The fourth-order valence-corrected chi connectivity index (χ4v) is 3.14. The predicted octanol–water partition coefficient (Wildman–Crippen LogP) is 2.85. The number of benzene rings is 1. The van der Waals surface area contributed by atoms with Crippen LogP contribution in [0.1, 0.15) is 37.8 Å². The molecule has 0 aliphatic carbocycles. The van der Waals surface area contributed by atoms with Crippen LogP contribution in [0.3, 0.4) is 0 Å². The van der Waals surface area contributed by atoms with Crippen molar-refractivity contribution in [1.29, 1.82) is 0 Å². The summed E-state index contributed by atoms with van der Waals surface area (Å²) in [6.45, 7) is 7.61. The Bertz CT molecular complexity index is 369. The Kier molecular flexibility index (Phi) is 5.41. The zero-order chi connectivity index (χ0) is 13.7. The van der Waals surface area contributed by atoms with E-state index in [1.165, 1.54) is 43.4 Å². The average Bonchev–Trinajstić information content (AvgIpc) is 2.79. The van der Waals surface area contributed by atoms with Gasteiger partial charge in [0, 0.05) is 19.1 Å². The molecule has 106 valence electrons. The second-order valence-electron chi connectivity index (χ2n) is 6.24. The number of hydrogen-bond donors (Lipinski definition) is 1. The van der Waals surface area contributed by atoms with E-state index in [-0.39, 0.29) is 0 Å². The van der Waals surface area contributed by atoms with Crippen LogP contribution in [0.2, 0.25) is 0 Å². The minimum absolute atomic E-state index is 0.708. The molecule has 1 aliphatic heterocycles. The van der Waals surface area contributed by atoms with E-state index >= 15 is 0 Å². The predicted molar refractivity (Wildman–Crippen MR) is 82.3 cm³/mol. The highest BCUT2D eigenvalue weighted by Crippen LogP contribution is 2.21. The van der Waals surface area contributed by atoms with E-state index in [1.807, 2.05) is 0 Å². The van der Waals surface area contributed by atoms with Gasteiger partial charge in [0.15, 0.2) is 0 Å². The van der Waals surface area contributed by atoms with Crippen molar-refractivity contribution < 1.29 is 0 Å². The molecule has 19 heavy (non-hydrogen) atoms. The van der Waals surface area contributed by atoms with Crippen molar-refractivity contribution in [2.24, 2.45) is 11.7 Å². The molecule has 0 saturated carbocycles. The van der Waals surface area contributed by atoms with Gasteiger partial charge in [0.05, 0.1) is 0 Å². The number of nitrogens with zero attached hydrogens (tertiary/aromatic N) is 1. The van der Waals surface area contributed by atoms with Gasteiger partial charge in [-0.15, -0.1) is 0 Å². The molecule has 1 aromatic carbocycles.